The molecule has 0 radical (unpaired) electrons. The number of nitrogens with zero attached hydrogens (tertiary/aromatic N) is 3. The summed E-state index contributed by atoms with van der Waals surface area (Å²) in [4.78, 5) is 29.2. The number of halogens is 1. The van der Waals surface area contributed by atoms with Crippen LogP contribution in [0.15, 0.2) is 41.3 Å². The first-order valence-electron chi connectivity index (χ1n) is 9.85. The third-order valence-electron chi connectivity index (χ3n) is 5.02. The molecule has 0 fully saturated rings. The molecule has 0 aliphatic carbocycles. The molecule has 2 N–H and O–H groups in total. The average Bonchev–Trinajstić information content (AvgIpc) is 3.10. The maximum absolute atomic E-state index is 12.4. The van der Waals surface area contributed by atoms with Crippen LogP contribution in [0.2, 0.25) is 5.02 Å². The highest BCUT2D eigenvalue weighted by Gasteiger charge is 2.19. The van der Waals surface area contributed by atoms with Crippen LogP contribution in [0.3, 0.4) is 0 Å². The van der Waals surface area contributed by atoms with E-state index in [-0.39, 0.29) is 23.3 Å². The number of benzene rings is 2. The second kappa shape index (κ2) is 9.77. The maximum atomic E-state index is 12.4. The van der Waals surface area contributed by atoms with E-state index < -0.39 is 21.8 Å². The van der Waals surface area contributed by atoms with E-state index in [0.717, 1.165) is 9.82 Å². The predicted octanol–water partition coefficient (Wildman–Crippen LogP) is 1.88. The van der Waals surface area contributed by atoms with Gasteiger partial charge in [0.15, 0.2) is 0 Å². The number of imidazole rings is 1. The number of amides is 2. The summed E-state index contributed by atoms with van der Waals surface area (Å²) in [5.74, 6) is -0.0729. The number of hydrazine groups is 1. The molecular formula is C21H24ClN5O5S. The van der Waals surface area contributed by atoms with E-state index in [9.17, 15) is 18.0 Å². The molecule has 10 nitrogen and oxygen atoms in total. The van der Waals surface area contributed by atoms with E-state index in [4.69, 9.17) is 16.3 Å². The first-order valence-corrected chi connectivity index (χ1v) is 11.7. The van der Waals surface area contributed by atoms with Crippen molar-refractivity contribution in [1.82, 2.24) is 24.7 Å². The van der Waals surface area contributed by atoms with Crippen molar-refractivity contribution < 1.29 is 22.7 Å². The van der Waals surface area contributed by atoms with Crippen molar-refractivity contribution in [2.45, 2.75) is 17.7 Å². The highest BCUT2D eigenvalue weighted by molar-refractivity contribution is 7.89. The number of hydrogen-bond donors (Lipinski definition) is 2. The molecule has 0 aliphatic heterocycles. The first kappa shape index (κ1) is 24.5. The summed E-state index contributed by atoms with van der Waals surface area (Å²) in [6, 6.07) is 9.29. The molecule has 2 amide bonds. The Bertz CT molecular complexity index is 1320. The molecule has 33 heavy (non-hydrogen) atoms. The van der Waals surface area contributed by atoms with Gasteiger partial charge in [-0.1, -0.05) is 11.6 Å². The molecule has 0 unspecified atom stereocenters. The van der Waals surface area contributed by atoms with Crippen molar-refractivity contribution in [1.29, 1.82) is 0 Å². The van der Waals surface area contributed by atoms with E-state index in [1.54, 1.807) is 29.8 Å². The lowest BCUT2D eigenvalue weighted by atomic mass is 10.2. The lowest BCUT2D eigenvalue weighted by Crippen LogP contribution is -2.41. The minimum absolute atomic E-state index is 0.0486. The Balaban J connectivity index is 1.65. The Labute approximate surface area is 196 Å². The SMILES string of the molecule is COc1ccc(Cl)cc1C(=O)NNC(=O)CCc1nc2cc(S(=O)(=O)N(C)C)ccc2n1C. The van der Waals surface area contributed by atoms with Gasteiger partial charge in [-0.2, -0.15) is 0 Å². The fourth-order valence-corrected chi connectivity index (χ4v) is 4.26. The van der Waals surface area contributed by atoms with E-state index in [2.05, 4.69) is 15.8 Å². The zero-order valence-corrected chi connectivity index (χ0v) is 20.1. The van der Waals surface area contributed by atoms with Gasteiger partial charge in [0.2, 0.25) is 15.9 Å². The molecule has 0 bridgehead atoms. The highest BCUT2D eigenvalue weighted by atomic mass is 35.5. The Morgan fingerprint density at radius 2 is 1.88 bits per heavy atom. The second-order valence-electron chi connectivity index (χ2n) is 7.37. The third kappa shape index (κ3) is 5.27. The van der Waals surface area contributed by atoms with Gasteiger partial charge in [-0.05, 0) is 36.4 Å². The smallest absolute Gasteiger partial charge is 0.273 e. The Morgan fingerprint density at radius 3 is 2.55 bits per heavy atom. The number of hydrogen-bond acceptors (Lipinski definition) is 6. The lowest BCUT2D eigenvalue weighted by molar-refractivity contribution is -0.121. The summed E-state index contributed by atoms with van der Waals surface area (Å²) in [5, 5.41) is 0.357. The van der Waals surface area contributed by atoms with Crippen LogP contribution in [0.5, 0.6) is 5.75 Å². The number of aryl methyl sites for hydroxylation is 2. The molecule has 1 heterocycles. The third-order valence-corrected chi connectivity index (χ3v) is 7.07. The van der Waals surface area contributed by atoms with E-state index in [1.165, 1.54) is 39.4 Å². The average molecular weight is 494 g/mol. The minimum atomic E-state index is -3.58. The number of nitrogens with one attached hydrogen (secondary N) is 2. The van der Waals surface area contributed by atoms with Crippen LogP contribution in [0.4, 0.5) is 0 Å². The van der Waals surface area contributed by atoms with Crippen molar-refractivity contribution in [2.75, 3.05) is 21.2 Å². The van der Waals surface area contributed by atoms with E-state index in [0.29, 0.717) is 22.1 Å². The van der Waals surface area contributed by atoms with Crippen LogP contribution in [0, 0.1) is 0 Å². The van der Waals surface area contributed by atoms with Crippen molar-refractivity contribution in [3.05, 3.63) is 52.8 Å². The minimum Gasteiger partial charge on any atom is -0.496 e. The molecular weight excluding hydrogens is 470 g/mol. The van der Waals surface area contributed by atoms with Crippen LogP contribution in [0.1, 0.15) is 22.6 Å². The monoisotopic (exact) mass is 493 g/mol. The Kier molecular flexibility index (Phi) is 7.25. The van der Waals surface area contributed by atoms with Crippen LogP contribution in [-0.4, -0.2) is 55.3 Å². The van der Waals surface area contributed by atoms with Gasteiger partial charge in [-0.15, -0.1) is 0 Å². The summed E-state index contributed by atoms with van der Waals surface area (Å²) in [5.41, 5.74) is 6.13. The van der Waals surface area contributed by atoms with Crippen molar-refractivity contribution in [3.63, 3.8) is 0 Å². The van der Waals surface area contributed by atoms with Gasteiger partial charge in [0.25, 0.3) is 5.91 Å². The molecule has 1 aromatic heterocycles. The predicted molar refractivity (Wildman–Crippen MR) is 124 cm³/mol. The van der Waals surface area contributed by atoms with Gasteiger partial charge in [-0.3, -0.25) is 20.4 Å². The number of fused-ring (bicyclic) bond motifs is 1. The van der Waals surface area contributed by atoms with Crippen LogP contribution < -0.4 is 15.6 Å². The summed E-state index contributed by atoms with van der Waals surface area (Å²) in [6.45, 7) is 0. The molecule has 0 saturated carbocycles. The summed E-state index contributed by atoms with van der Waals surface area (Å²) in [7, 11) is 2.55. The van der Waals surface area contributed by atoms with Crippen molar-refractivity contribution in [2.24, 2.45) is 7.05 Å². The van der Waals surface area contributed by atoms with Crippen molar-refractivity contribution >= 4 is 44.5 Å². The van der Waals surface area contributed by atoms with Gasteiger partial charge in [-0.25, -0.2) is 17.7 Å². The molecule has 176 valence electrons. The highest BCUT2D eigenvalue weighted by Crippen LogP contribution is 2.23. The van der Waals surface area contributed by atoms with Gasteiger partial charge in [0.05, 0.1) is 28.6 Å². The molecule has 2 aromatic carbocycles. The number of aromatic nitrogens is 2. The fourth-order valence-electron chi connectivity index (χ4n) is 3.16. The number of sulfonamides is 1. The Hall–Kier alpha value is -3.15. The first-order chi connectivity index (χ1) is 15.5. The quantitative estimate of drug-likeness (QED) is 0.484. The van der Waals surface area contributed by atoms with E-state index in [1.807, 2.05) is 0 Å². The van der Waals surface area contributed by atoms with Gasteiger partial charge in [0.1, 0.15) is 11.6 Å². The number of carbonyl (C=O) groups excluding carboxylic acids is 2. The molecule has 3 aromatic rings. The topological polar surface area (TPSA) is 123 Å². The fraction of sp³-hybridized carbons (Fsp3) is 0.286. The molecule has 0 spiro atoms. The normalized spacial score (nSPS) is 11.6. The molecule has 0 aliphatic rings. The van der Waals surface area contributed by atoms with Crippen LogP contribution in [-0.2, 0) is 28.3 Å². The standard InChI is InChI=1S/C21H24ClN5O5S/c1-26(2)33(30,31)14-6-7-17-16(12-14)23-19(27(17)3)9-10-20(28)24-25-21(29)15-11-13(22)5-8-18(15)32-4/h5-8,11-12H,9-10H2,1-4H3,(H,24,28)(H,25,29). The number of methoxy groups -OCH3 is 1. The van der Waals surface area contributed by atoms with Crippen LogP contribution >= 0.6 is 11.6 Å². The van der Waals surface area contributed by atoms with Gasteiger partial charge in [0, 0.05) is 39.0 Å². The van der Waals surface area contributed by atoms with Crippen LogP contribution in [0.25, 0.3) is 11.0 Å². The molecule has 12 heteroatoms. The lowest BCUT2D eigenvalue weighted by Gasteiger charge is -2.11. The zero-order valence-electron chi connectivity index (χ0n) is 18.5. The Morgan fingerprint density at radius 1 is 1.15 bits per heavy atom. The molecule has 0 saturated heterocycles. The summed E-state index contributed by atoms with van der Waals surface area (Å²) >= 11 is 5.93. The number of rotatable bonds is 7. The number of carbonyl (C=O) groups is 2. The van der Waals surface area contributed by atoms with E-state index >= 15 is 0 Å². The zero-order chi connectivity index (χ0) is 24.3. The van der Waals surface area contributed by atoms with Gasteiger partial charge >= 0.3 is 0 Å². The second-order valence-corrected chi connectivity index (χ2v) is 9.96. The summed E-state index contributed by atoms with van der Waals surface area (Å²) < 4.78 is 32.8. The molecule has 0 atom stereocenters. The maximum Gasteiger partial charge on any atom is 0.273 e. The number of ether oxygens (including phenoxy) is 1. The largest absolute Gasteiger partial charge is 0.496 e. The molecule has 3 rings (SSSR count). The van der Waals surface area contributed by atoms with Gasteiger partial charge < -0.3 is 9.30 Å². The van der Waals surface area contributed by atoms with Crippen molar-refractivity contribution in [3.8, 4) is 5.75 Å². The summed E-state index contributed by atoms with van der Waals surface area (Å²) in [6.07, 6.45) is 0.329.